The van der Waals surface area contributed by atoms with Gasteiger partial charge in [-0.2, -0.15) is 0 Å². The molecule has 0 fully saturated rings. The molecule has 3 N–H and O–H groups in total. The minimum atomic E-state index is -0.452. The number of rotatable bonds is 3. The van der Waals surface area contributed by atoms with E-state index in [9.17, 15) is 9.18 Å². The summed E-state index contributed by atoms with van der Waals surface area (Å²) in [4.78, 5) is 19.9. The molecule has 0 spiro atoms. The van der Waals surface area contributed by atoms with Crippen LogP contribution in [0, 0.1) is 5.82 Å². The molecular weight excluding hydrogens is 327 g/mol. The van der Waals surface area contributed by atoms with Gasteiger partial charge in [-0.05, 0) is 18.2 Å². The monoisotopic (exact) mass is 336 g/mol. The van der Waals surface area contributed by atoms with Crippen molar-refractivity contribution in [2.24, 2.45) is 5.73 Å². The lowest BCUT2D eigenvalue weighted by molar-refractivity contribution is -0.114. The molecule has 2 heterocycles. The number of hydrogen-bond acceptors (Lipinski definition) is 5. The maximum atomic E-state index is 14.0. The van der Waals surface area contributed by atoms with Crippen LogP contribution in [0.3, 0.4) is 0 Å². The Hall–Kier alpha value is -2.09. The van der Waals surface area contributed by atoms with Gasteiger partial charge in [0.1, 0.15) is 10.8 Å². The minimum Gasteiger partial charge on any atom is -0.322 e. The Kier molecular flexibility index (Phi) is 4.02. The summed E-state index contributed by atoms with van der Waals surface area (Å²) in [7, 11) is 0. The number of halogens is 2. The van der Waals surface area contributed by atoms with Crippen LogP contribution in [0.2, 0.25) is 5.02 Å². The van der Waals surface area contributed by atoms with E-state index in [1.165, 1.54) is 29.7 Å². The zero-order valence-electron chi connectivity index (χ0n) is 11.1. The predicted molar refractivity (Wildman–Crippen MR) is 85.5 cm³/mol. The van der Waals surface area contributed by atoms with Crippen molar-refractivity contribution in [2.75, 3.05) is 11.9 Å². The van der Waals surface area contributed by atoms with Gasteiger partial charge in [0.15, 0.2) is 5.82 Å². The Bertz CT molecular complexity index is 847. The van der Waals surface area contributed by atoms with Gasteiger partial charge in [0.25, 0.3) is 0 Å². The van der Waals surface area contributed by atoms with Crippen LogP contribution in [-0.4, -0.2) is 22.4 Å². The van der Waals surface area contributed by atoms with Gasteiger partial charge in [-0.25, -0.2) is 14.4 Å². The number of carbonyl (C=O) groups is 1. The Morgan fingerprint density at radius 1 is 1.41 bits per heavy atom. The summed E-state index contributed by atoms with van der Waals surface area (Å²) < 4.78 is 14.6. The van der Waals surface area contributed by atoms with E-state index in [0.717, 1.165) is 0 Å². The number of pyridine rings is 1. The number of amides is 1. The quantitative estimate of drug-likeness (QED) is 0.770. The van der Waals surface area contributed by atoms with Crippen LogP contribution in [0.15, 0.2) is 30.5 Å². The summed E-state index contributed by atoms with van der Waals surface area (Å²) >= 11 is 7.27. The van der Waals surface area contributed by atoms with E-state index < -0.39 is 5.82 Å². The van der Waals surface area contributed by atoms with E-state index in [0.29, 0.717) is 21.0 Å². The maximum Gasteiger partial charge on any atom is 0.239 e. The number of nitrogens with zero attached hydrogens (tertiary/aromatic N) is 2. The molecule has 0 aliphatic carbocycles. The third kappa shape index (κ3) is 2.66. The lowest BCUT2D eigenvalue weighted by Gasteiger charge is -2.02. The Labute approximate surface area is 133 Å². The minimum absolute atomic E-state index is 0.150. The molecule has 8 heteroatoms. The molecule has 3 aromatic rings. The fourth-order valence-corrected chi connectivity index (χ4v) is 3.31. The number of carbonyl (C=O) groups excluding carboxylic acids is 1. The highest BCUT2D eigenvalue weighted by atomic mass is 35.5. The van der Waals surface area contributed by atoms with Crippen molar-refractivity contribution >= 4 is 44.9 Å². The van der Waals surface area contributed by atoms with Crippen LogP contribution in [-0.2, 0) is 4.79 Å². The van der Waals surface area contributed by atoms with E-state index in [1.54, 1.807) is 12.1 Å². The van der Waals surface area contributed by atoms with Gasteiger partial charge in [-0.1, -0.05) is 17.7 Å². The van der Waals surface area contributed by atoms with Crippen molar-refractivity contribution in [3.05, 3.63) is 41.3 Å². The normalized spacial score (nSPS) is 10.9. The molecule has 0 unspecified atom stereocenters. The second-order valence-corrected chi connectivity index (χ2v) is 5.78. The topological polar surface area (TPSA) is 80.9 Å². The summed E-state index contributed by atoms with van der Waals surface area (Å²) in [6.45, 7) is -0.150. The first-order valence-corrected chi connectivity index (χ1v) is 7.49. The molecule has 0 radical (unpaired) electrons. The van der Waals surface area contributed by atoms with Gasteiger partial charge in [0, 0.05) is 6.20 Å². The van der Waals surface area contributed by atoms with Crippen LogP contribution in [0.4, 0.5) is 10.2 Å². The second-order valence-electron chi connectivity index (χ2n) is 4.38. The van der Waals surface area contributed by atoms with Crippen LogP contribution < -0.4 is 11.1 Å². The van der Waals surface area contributed by atoms with Crippen molar-refractivity contribution in [1.29, 1.82) is 0 Å². The number of thiazole rings is 1. The number of fused-ring (bicyclic) bond motifs is 1. The third-order valence-electron chi connectivity index (χ3n) is 2.92. The summed E-state index contributed by atoms with van der Waals surface area (Å²) in [5.74, 6) is -0.463. The molecule has 1 amide bonds. The van der Waals surface area contributed by atoms with E-state index in [-0.39, 0.29) is 23.0 Å². The zero-order chi connectivity index (χ0) is 15.7. The number of anilines is 1. The molecule has 0 aliphatic rings. The van der Waals surface area contributed by atoms with E-state index in [2.05, 4.69) is 15.3 Å². The lowest BCUT2D eigenvalue weighted by atomic mass is 10.2. The molecule has 0 atom stereocenters. The predicted octanol–water partition coefficient (Wildman–Crippen LogP) is 3.05. The molecule has 0 saturated carbocycles. The molecule has 22 heavy (non-hydrogen) atoms. The van der Waals surface area contributed by atoms with Crippen molar-refractivity contribution in [1.82, 2.24) is 9.97 Å². The van der Waals surface area contributed by atoms with Crippen molar-refractivity contribution in [2.45, 2.75) is 0 Å². The van der Waals surface area contributed by atoms with E-state index in [1.807, 2.05) is 0 Å². The standard InChI is InChI=1S/C14H10ClFN4OS/c15-7-2-1-3-8(16)11(7)14-19-9-4-5-18-13(12(9)22-14)20-10(21)6-17/h1-5H,6,17H2,(H,18,20,21). The molecule has 0 saturated heterocycles. The molecule has 3 rings (SSSR count). The highest BCUT2D eigenvalue weighted by Gasteiger charge is 2.17. The second kappa shape index (κ2) is 5.96. The van der Waals surface area contributed by atoms with Crippen LogP contribution in [0.1, 0.15) is 0 Å². The summed E-state index contributed by atoms with van der Waals surface area (Å²) in [5, 5.41) is 3.30. The number of aromatic nitrogens is 2. The van der Waals surface area contributed by atoms with Gasteiger partial charge < -0.3 is 11.1 Å². The fraction of sp³-hybridized carbons (Fsp3) is 0.0714. The molecule has 0 aliphatic heterocycles. The van der Waals surface area contributed by atoms with Gasteiger partial charge >= 0.3 is 0 Å². The molecule has 112 valence electrons. The van der Waals surface area contributed by atoms with Gasteiger partial charge in [-0.3, -0.25) is 4.79 Å². The third-order valence-corrected chi connectivity index (χ3v) is 4.33. The van der Waals surface area contributed by atoms with Crippen LogP contribution >= 0.6 is 22.9 Å². The van der Waals surface area contributed by atoms with Crippen molar-refractivity contribution in [3.63, 3.8) is 0 Å². The maximum absolute atomic E-state index is 14.0. The first-order valence-electron chi connectivity index (χ1n) is 6.30. The number of benzene rings is 1. The first-order chi connectivity index (χ1) is 10.6. The van der Waals surface area contributed by atoms with Gasteiger partial charge in [-0.15, -0.1) is 11.3 Å². The van der Waals surface area contributed by atoms with E-state index >= 15 is 0 Å². The number of nitrogens with two attached hydrogens (primary N) is 1. The average Bonchev–Trinajstić information content (AvgIpc) is 2.91. The molecule has 0 bridgehead atoms. The van der Waals surface area contributed by atoms with Crippen molar-refractivity contribution < 1.29 is 9.18 Å². The van der Waals surface area contributed by atoms with E-state index in [4.69, 9.17) is 17.3 Å². The van der Waals surface area contributed by atoms with Crippen LogP contribution in [0.5, 0.6) is 0 Å². The van der Waals surface area contributed by atoms with Crippen LogP contribution in [0.25, 0.3) is 20.8 Å². The Morgan fingerprint density at radius 2 is 2.23 bits per heavy atom. The van der Waals surface area contributed by atoms with Gasteiger partial charge in [0.05, 0.1) is 27.3 Å². The zero-order valence-corrected chi connectivity index (χ0v) is 12.7. The smallest absolute Gasteiger partial charge is 0.239 e. The highest BCUT2D eigenvalue weighted by molar-refractivity contribution is 7.22. The molecule has 5 nitrogen and oxygen atoms in total. The molecule has 1 aromatic carbocycles. The fourth-order valence-electron chi connectivity index (χ4n) is 1.94. The summed E-state index contributed by atoms with van der Waals surface area (Å²) in [6.07, 6.45) is 1.51. The van der Waals surface area contributed by atoms with Gasteiger partial charge in [0.2, 0.25) is 5.91 Å². The number of nitrogens with one attached hydrogen (secondary N) is 1. The first kappa shape index (κ1) is 14.8. The largest absolute Gasteiger partial charge is 0.322 e. The molecular formula is C14H10ClFN4OS. The SMILES string of the molecule is NCC(=O)Nc1nccc2nc(-c3c(F)cccc3Cl)sc12. The summed E-state index contributed by atoms with van der Waals surface area (Å²) in [6, 6.07) is 6.13. The number of hydrogen-bond donors (Lipinski definition) is 2. The molecule has 2 aromatic heterocycles. The Morgan fingerprint density at radius 3 is 2.95 bits per heavy atom. The average molecular weight is 337 g/mol. The summed E-state index contributed by atoms with van der Waals surface area (Å²) in [5.41, 5.74) is 6.12. The Balaban J connectivity index is 2.14. The highest BCUT2D eigenvalue weighted by Crippen LogP contribution is 2.37. The lowest BCUT2D eigenvalue weighted by Crippen LogP contribution is -2.22. The van der Waals surface area contributed by atoms with Crippen molar-refractivity contribution in [3.8, 4) is 10.6 Å².